The molecule has 0 unspecified atom stereocenters. The molecule has 0 spiro atoms. The maximum absolute atomic E-state index is 11.0. The second-order valence-electron chi connectivity index (χ2n) is 4.45. The molecule has 0 fully saturated rings. The summed E-state index contributed by atoms with van der Waals surface area (Å²) in [6, 6.07) is 8.40. The summed E-state index contributed by atoms with van der Waals surface area (Å²) in [5, 5.41) is 15.3. The summed E-state index contributed by atoms with van der Waals surface area (Å²) in [5.41, 5.74) is 6.88. The second-order valence-corrected chi connectivity index (χ2v) is 4.45. The van der Waals surface area contributed by atoms with E-state index in [0.717, 1.165) is 0 Å². The van der Waals surface area contributed by atoms with Crippen molar-refractivity contribution < 1.29 is 19.1 Å². The van der Waals surface area contributed by atoms with Crippen molar-refractivity contribution in [3.8, 4) is 22.7 Å². The van der Waals surface area contributed by atoms with Crippen LogP contribution in [0.3, 0.4) is 0 Å². The van der Waals surface area contributed by atoms with Crippen LogP contribution in [0.2, 0.25) is 0 Å². The van der Waals surface area contributed by atoms with E-state index in [2.05, 4.69) is 15.2 Å². The monoisotopic (exact) mass is 298 g/mol. The first-order chi connectivity index (χ1) is 10.5. The molecular weight excluding hydrogens is 288 g/mol. The number of nitrogens with two attached hydrogens (primary N) is 1. The van der Waals surface area contributed by atoms with Crippen molar-refractivity contribution in [1.29, 1.82) is 0 Å². The number of rotatable bonds is 4. The maximum atomic E-state index is 11.0. The minimum atomic E-state index is -1.09. The van der Waals surface area contributed by atoms with Crippen LogP contribution < -0.4 is 5.73 Å². The smallest absolute Gasteiger partial charge is 0.353 e. The normalized spacial score (nSPS) is 10.5. The van der Waals surface area contributed by atoms with E-state index in [4.69, 9.17) is 15.3 Å². The highest BCUT2D eigenvalue weighted by atomic mass is 16.4. The molecule has 0 aliphatic rings. The third-order valence-electron chi connectivity index (χ3n) is 2.96. The number of aromatic amines is 1. The molecule has 0 aliphatic heterocycles. The maximum Gasteiger partial charge on any atom is 0.353 e. The summed E-state index contributed by atoms with van der Waals surface area (Å²) in [7, 11) is 0. The van der Waals surface area contributed by atoms with Crippen LogP contribution in [-0.2, 0) is 0 Å². The van der Waals surface area contributed by atoms with Crippen LogP contribution in [0.5, 0.6) is 0 Å². The van der Waals surface area contributed by atoms with E-state index >= 15 is 0 Å². The Bertz CT molecular complexity index is 798. The van der Waals surface area contributed by atoms with Gasteiger partial charge in [-0.3, -0.25) is 9.89 Å². The molecule has 3 rings (SSSR count). The van der Waals surface area contributed by atoms with Crippen LogP contribution >= 0.6 is 0 Å². The molecule has 110 valence electrons. The van der Waals surface area contributed by atoms with Crippen molar-refractivity contribution >= 4 is 11.9 Å². The third kappa shape index (κ3) is 2.44. The standard InChI is InChI=1S/C14H10N4O4/c15-12(19)11-6-16-13(22-11)8-3-1-2-7(4-8)9-5-10(14(20)21)18-17-9/h1-6H,(H2,15,19)(H,17,18)(H,20,21). The van der Waals surface area contributed by atoms with Crippen molar-refractivity contribution in [3.63, 3.8) is 0 Å². The largest absolute Gasteiger partial charge is 0.477 e. The molecule has 2 aromatic heterocycles. The van der Waals surface area contributed by atoms with Gasteiger partial charge < -0.3 is 15.3 Å². The van der Waals surface area contributed by atoms with E-state index in [1.165, 1.54) is 12.3 Å². The number of hydrogen-bond donors (Lipinski definition) is 3. The molecule has 0 bridgehead atoms. The highest BCUT2D eigenvalue weighted by Crippen LogP contribution is 2.25. The molecule has 0 radical (unpaired) electrons. The number of carboxylic acid groups (broad SMARTS) is 1. The van der Waals surface area contributed by atoms with Crippen LogP contribution in [0.4, 0.5) is 0 Å². The molecule has 0 saturated carbocycles. The van der Waals surface area contributed by atoms with E-state index < -0.39 is 11.9 Å². The zero-order valence-electron chi connectivity index (χ0n) is 11.1. The Kier molecular flexibility index (Phi) is 3.18. The van der Waals surface area contributed by atoms with Crippen LogP contribution in [-0.4, -0.2) is 32.2 Å². The lowest BCUT2D eigenvalue weighted by molar-refractivity contribution is 0.0690. The Labute approximate surface area is 123 Å². The average Bonchev–Trinajstić information content (AvgIpc) is 3.17. The van der Waals surface area contributed by atoms with Gasteiger partial charge in [0.05, 0.1) is 11.9 Å². The SMILES string of the molecule is NC(=O)c1cnc(-c2cccc(-c3cc(C(=O)O)[nH]n3)c2)o1. The summed E-state index contributed by atoms with van der Waals surface area (Å²) >= 11 is 0. The van der Waals surface area contributed by atoms with Crippen LogP contribution in [0.15, 0.2) is 40.9 Å². The Morgan fingerprint density at radius 3 is 2.64 bits per heavy atom. The molecule has 2 heterocycles. The number of oxazole rings is 1. The van der Waals surface area contributed by atoms with E-state index in [-0.39, 0.29) is 17.3 Å². The lowest BCUT2D eigenvalue weighted by Crippen LogP contribution is -2.09. The molecule has 22 heavy (non-hydrogen) atoms. The lowest BCUT2D eigenvalue weighted by atomic mass is 10.1. The van der Waals surface area contributed by atoms with Crippen molar-refractivity contribution in [3.05, 3.63) is 48.0 Å². The van der Waals surface area contributed by atoms with Crippen LogP contribution in [0.1, 0.15) is 21.0 Å². The molecule has 0 atom stereocenters. The van der Waals surface area contributed by atoms with Crippen LogP contribution in [0, 0.1) is 0 Å². The minimum Gasteiger partial charge on any atom is -0.477 e. The minimum absolute atomic E-state index is 0.00691. The van der Waals surface area contributed by atoms with Gasteiger partial charge in [0.15, 0.2) is 0 Å². The van der Waals surface area contributed by atoms with E-state index in [1.54, 1.807) is 24.3 Å². The Balaban J connectivity index is 1.97. The number of amides is 1. The lowest BCUT2D eigenvalue weighted by Gasteiger charge is -1.99. The number of aromatic nitrogens is 3. The summed E-state index contributed by atoms with van der Waals surface area (Å²) in [4.78, 5) is 25.9. The number of aromatic carboxylic acids is 1. The van der Waals surface area contributed by atoms with Crippen molar-refractivity contribution in [1.82, 2.24) is 15.2 Å². The van der Waals surface area contributed by atoms with Crippen molar-refractivity contribution in [2.24, 2.45) is 5.73 Å². The van der Waals surface area contributed by atoms with Gasteiger partial charge in [0.1, 0.15) is 5.69 Å². The summed E-state index contributed by atoms with van der Waals surface area (Å²) in [6.45, 7) is 0. The Morgan fingerprint density at radius 1 is 1.23 bits per heavy atom. The van der Waals surface area contributed by atoms with Gasteiger partial charge in [-0.15, -0.1) is 0 Å². The van der Waals surface area contributed by atoms with E-state index in [9.17, 15) is 9.59 Å². The number of carboxylic acids is 1. The molecule has 1 aromatic carbocycles. The topological polar surface area (TPSA) is 135 Å². The van der Waals surface area contributed by atoms with Gasteiger partial charge in [-0.05, 0) is 18.2 Å². The number of hydrogen-bond acceptors (Lipinski definition) is 5. The fourth-order valence-electron chi connectivity index (χ4n) is 1.91. The summed E-state index contributed by atoms with van der Waals surface area (Å²) < 4.78 is 5.26. The third-order valence-corrected chi connectivity index (χ3v) is 2.96. The predicted octanol–water partition coefficient (Wildman–Crippen LogP) is 1.53. The number of carbonyl (C=O) groups is 2. The average molecular weight is 298 g/mol. The highest BCUT2D eigenvalue weighted by Gasteiger charge is 2.13. The fourth-order valence-corrected chi connectivity index (χ4v) is 1.91. The number of nitrogens with one attached hydrogen (secondary N) is 1. The highest BCUT2D eigenvalue weighted by molar-refractivity contribution is 5.90. The molecule has 0 saturated heterocycles. The summed E-state index contributed by atoms with van der Waals surface area (Å²) in [5.74, 6) is -1.58. The molecule has 8 nitrogen and oxygen atoms in total. The van der Waals surface area contributed by atoms with E-state index in [0.29, 0.717) is 16.8 Å². The molecule has 1 amide bonds. The molecular formula is C14H10N4O4. The number of primary amides is 1. The summed E-state index contributed by atoms with van der Waals surface area (Å²) in [6.07, 6.45) is 1.25. The van der Waals surface area contributed by atoms with Gasteiger partial charge in [0, 0.05) is 11.1 Å². The zero-order valence-corrected chi connectivity index (χ0v) is 11.1. The predicted molar refractivity (Wildman–Crippen MR) is 75.0 cm³/mol. The van der Waals surface area contributed by atoms with Crippen LogP contribution in [0.25, 0.3) is 22.7 Å². The molecule has 0 aliphatic carbocycles. The molecule has 3 aromatic rings. The van der Waals surface area contributed by atoms with Gasteiger partial charge in [0.2, 0.25) is 11.7 Å². The first-order valence-corrected chi connectivity index (χ1v) is 6.20. The van der Waals surface area contributed by atoms with Crippen molar-refractivity contribution in [2.45, 2.75) is 0 Å². The Hall–Kier alpha value is -3.42. The quantitative estimate of drug-likeness (QED) is 0.668. The van der Waals surface area contributed by atoms with Gasteiger partial charge in [-0.1, -0.05) is 12.1 Å². The first-order valence-electron chi connectivity index (χ1n) is 6.20. The fraction of sp³-hybridized carbons (Fsp3) is 0. The number of nitrogens with zero attached hydrogens (tertiary/aromatic N) is 2. The van der Waals surface area contributed by atoms with Crippen molar-refractivity contribution in [2.75, 3.05) is 0 Å². The number of H-pyrrole nitrogens is 1. The number of carbonyl (C=O) groups excluding carboxylic acids is 1. The number of benzene rings is 1. The second kappa shape index (κ2) is 5.17. The van der Waals surface area contributed by atoms with Gasteiger partial charge >= 0.3 is 5.97 Å². The van der Waals surface area contributed by atoms with Gasteiger partial charge in [0.25, 0.3) is 5.91 Å². The Morgan fingerprint density at radius 2 is 2.00 bits per heavy atom. The van der Waals surface area contributed by atoms with Gasteiger partial charge in [-0.25, -0.2) is 9.78 Å². The molecule has 8 heteroatoms. The molecule has 4 N–H and O–H groups in total. The van der Waals surface area contributed by atoms with Gasteiger partial charge in [-0.2, -0.15) is 5.10 Å². The zero-order chi connectivity index (χ0) is 15.7. The van der Waals surface area contributed by atoms with E-state index in [1.807, 2.05) is 0 Å². The first kappa shape index (κ1) is 13.6.